The van der Waals surface area contributed by atoms with Gasteiger partial charge in [-0.2, -0.15) is 5.10 Å². The van der Waals surface area contributed by atoms with Crippen molar-refractivity contribution >= 4 is 34.9 Å². The molecule has 1 aromatic heterocycles. The number of methoxy groups -OCH3 is 1. The van der Waals surface area contributed by atoms with Gasteiger partial charge in [0.05, 0.1) is 24.9 Å². The number of hydrogen-bond donors (Lipinski definition) is 2. The largest absolute Gasteiger partial charge is 0.495 e. The third-order valence-electron chi connectivity index (χ3n) is 4.82. The van der Waals surface area contributed by atoms with E-state index in [4.69, 9.17) is 16.3 Å². The van der Waals surface area contributed by atoms with Gasteiger partial charge in [-0.25, -0.2) is 4.68 Å². The Bertz CT molecular complexity index is 1090. The van der Waals surface area contributed by atoms with Gasteiger partial charge in [-0.05, 0) is 36.8 Å². The van der Waals surface area contributed by atoms with E-state index < -0.39 is 6.04 Å². The van der Waals surface area contributed by atoms with Crippen LogP contribution >= 0.6 is 11.6 Å². The zero-order chi connectivity index (χ0) is 20.5. The number of fused-ring (bicyclic) bond motifs is 1. The molecule has 4 rings (SSSR count). The molecule has 1 aliphatic heterocycles. The van der Waals surface area contributed by atoms with E-state index in [0.717, 1.165) is 16.8 Å². The molecule has 2 amide bonds. The summed E-state index contributed by atoms with van der Waals surface area (Å²) in [7, 11) is 1.53. The number of ether oxygens (including phenoxy) is 1. The molecule has 29 heavy (non-hydrogen) atoms. The summed E-state index contributed by atoms with van der Waals surface area (Å²) in [4.78, 5) is 25.1. The minimum absolute atomic E-state index is 0.0436. The molecule has 3 aromatic rings. The molecule has 8 heteroatoms. The van der Waals surface area contributed by atoms with E-state index in [1.54, 1.807) is 35.0 Å². The van der Waals surface area contributed by atoms with Gasteiger partial charge in [0.25, 0.3) is 5.91 Å². The van der Waals surface area contributed by atoms with Gasteiger partial charge in [-0.15, -0.1) is 0 Å². The lowest BCUT2D eigenvalue weighted by Gasteiger charge is -2.12. The fraction of sp³-hybridized carbons (Fsp3) is 0.190. The first-order valence-corrected chi connectivity index (χ1v) is 9.44. The lowest BCUT2D eigenvalue weighted by atomic mass is 10.1. The molecule has 2 N–H and O–H groups in total. The molecule has 0 spiro atoms. The van der Waals surface area contributed by atoms with Crippen LogP contribution in [0, 0.1) is 6.92 Å². The maximum Gasteiger partial charge on any atom is 0.251 e. The molecule has 0 radical (unpaired) electrons. The fourth-order valence-electron chi connectivity index (χ4n) is 3.47. The molecule has 0 aliphatic carbocycles. The number of carbonyl (C=O) groups is 2. The Balaban J connectivity index is 1.58. The lowest BCUT2D eigenvalue weighted by molar-refractivity contribution is -0.123. The Labute approximate surface area is 172 Å². The van der Waals surface area contributed by atoms with E-state index in [1.807, 2.05) is 25.1 Å². The van der Waals surface area contributed by atoms with E-state index in [9.17, 15) is 9.59 Å². The van der Waals surface area contributed by atoms with Crippen molar-refractivity contribution in [1.29, 1.82) is 0 Å². The highest BCUT2D eigenvalue weighted by molar-refractivity contribution is 6.30. The summed E-state index contributed by atoms with van der Waals surface area (Å²) >= 11 is 5.98. The number of rotatable bonds is 5. The normalized spacial score (nSPS) is 15.0. The number of aromatic nitrogens is 2. The first-order valence-electron chi connectivity index (χ1n) is 9.06. The number of benzene rings is 2. The predicted octanol–water partition coefficient (Wildman–Crippen LogP) is 4.04. The number of nitrogens with zero attached hydrogens (tertiary/aromatic N) is 2. The molecule has 1 unspecified atom stereocenters. The highest BCUT2D eigenvalue weighted by atomic mass is 35.5. The topological polar surface area (TPSA) is 85.2 Å². The second-order valence-electron chi connectivity index (χ2n) is 6.72. The molecule has 2 aromatic carbocycles. The Kier molecular flexibility index (Phi) is 4.98. The van der Waals surface area contributed by atoms with Crippen molar-refractivity contribution in [2.75, 3.05) is 17.7 Å². The Morgan fingerprint density at radius 2 is 1.97 bits per heavy atom. The number of halogens is 1. The van der Waals surface area contributed by atoms with Crippen LogP contribution in [0.25, 0.3) is 11.1 Å². The van der Waals surface area contributed by atoms with Crippen LogP contribution in [0.2, 0.25) is 5.02 Å². The monoisotopic (exact) mass is 410 g/mol. The van der Waals surface area contributed by atoms with E-state index in [2.05, 4.69) is 15.7 Å². The quantitative estimate of drug-likeness (QED) is 0.664. The molecule has 148 valence electrons. The lowest BCUT2D eigenvalue weighted by Crippen LogP contribution is -2.24. The SMILES string of the molecule is COc1ccccc1NC(=O)CC1C(=O)Nc2c(-c3ccc(Cl)cc3)c(C)nn21. The molecule has 1 aliphatic rings. The second kappa shape index (κ2) is 7.60. The summed E-state index contributed by atoms with van der Waals surface area (Å²) in [5.41, 5.74) is 3.03. The van der Waals surface area contributed by atoms with Gasteiger partial charge in [-0.1, -0.05) is 35.9 Å². The van der Waals surface area contributed by atoms with E-state index in [1.165, 1.54) is 7.11 Å². The minimum Gasteiger partial charge on any atom is -0.495 e. The number of anilines is 2. The summed E-state index contributed by atoms with van der Waals surface area (Å²) < 4.78 is 6.84. The van der Waals surface area contributed by atoms with Gasteiger partial charge in [0, 0.05) is 10.6 Å². The van der Waals surface area contributed by atoms with Crippen LogP contribution in [0.3, 0.4) is 0 Å². The Hall–Kier alpha value is -3.32. The number of nitrogens with one attached hydrogen (secondary N) is 2. The average molecular weight is 411 g/mol. The number of para-hydroxylation sites is 2. The van der Waals surface area contributed by atoms with E-state index in [-0.39, 0.29) is 18.2 Å². The molecular formula is C21H19ClN4O3. The van der Waals surface area contributed by atoms with Crippen LogP contribution in [0.15, 0.2) is 48.5 Å². The zero-order valence-corrected chi connectivity index (χ0v) is 16.7. The number of aryl methyl sites for hydroxylation is 1. The Morgan fingerprint density at radius 1 is 1.24 bits per heavy atom. The summed E-state index contributed by atoms with van der Waals surface area (Å²) in [6.45, 7) is 1.87. The number of hydrogen-bond acceptors (Lipinski definition) is 4. The highest BCUT2D eigenvalue weighted by Gasteiger charge is 2.36. The smallest absolute Gasteiger partial charge is 0.251 e. The molecule has 0 saturated carbocycles. The van der Waals surface area contributed by atoms with Crippen molar-refractivity contribution in [2.45, 2.75) is 19.4 Å². The summed E-state index contributed by atoms with van der Waals surface area (Å²) in [5, 5.41) is 10.8. The standard InChI is InChI=1S/C21H19ClN4O3/c1-12-19(13-7-9-14(22)10-8-13)20-24-21(28)16(26(20)25-12)11-18(27)23-15-5-3-4-6-17(15)29-2/h3-10,16H,11H2,1-2H3,(H,23,27)(H,24,28). The van der Waals surface area contributed by atoms with Gasteiger partial charge in [0.2, 0.25) is 5.91 Å². The first-order chi connectivity index (χ1) is 14.0. The van der Waals surface area contributed by atoms with Crippen molar-refractivity contribution in [1.82, 2.24) is 9.78 Å². The van der Waals surface area contributed by atoms with Crippen molar-refractivity contribution in [3.63, 3.8) is 0 Å². The highest BCUT2D eigenvalue weighted by Crippen LogP contribution is 2.38. The van der Waals surface area contributed by atoms with Crippen molar-refractivity contribution in [3.05, 3.63) is 59.2 Å². The molecule has 0 bridgehead atoms. The summed E-state index contributed by atoms with van der Waals surface area (Å²) in [6.07, 6.45) is -0.0436. The molecule has 0 saturated heterocycles. The molecule has 7 nitrogen and oxygen atoms in total. The second-order valence-corrected chi connectivity index (χ2v) is 7.15. The van der Waals surface area contributed by atoms with Gasteiger partial charge < -0.3 is 15.4 Å². The van der Waals surface area contributed by atoms with Crippen LogP contribution in [0.4, 0.5) is 11.5 Å². The molecular weight excluding hydrogens is 392 g/mol. The summed E-state index contributed by atoms with van der Waals surface area (Å²) in [6, 6.07) is 13.7. The fourth-order valence-corrected chi connectivity index (χ4v) is 3.60. The van der Waals surface area contributed by atoms with Crippen molar-refractivity contribution in [3.8, 4) is 16.9 Å². The summed E-state index contributed by atoms with van der Waals surface area (Å²) in [5.74, 6) is 0.573. The maximum absolute atomic E-state index is 12.6. The van der Waals surface area contributed by atoms with Crippen LogP contribution in [0.1, 0.15) is 18.2 Å². The molecule has 2 heterocycles. The van der Waals surface area contributed by atoms with Gasteiger partial charge >= 0.3 is 0 Å². The third-order valence-corrected chi connectivity index (χ3v) is 5.07. The first kappa shape index (κ1) is 19.0. The van der Waals surface area contributed by atoms with Crippen molar-refractivity contribution < 1.29 is 14.3 Å². The van der Waals surface area contributed by atoms with Gasteiger partial charge in [0.15, 0.2) is 0 Å². The van der Waals surface area contributed by atoms with Crippen LogP contribution < -0.4 is 15.4 Å². The van der Waals surface area contributed by atoms with Crippen LogP contribution in [0.5, 0.6) is 5.75 Å². The van der Waals surface area contributed by atoms with Crippen molar-refractivity contribution in [2.24, 2.45) is 0 Å². The van der Waals surface area contributed by atoms with Crippen LogP contribution in [-0.2, 0) is 9.59 Å². The molecule has 1 atom stereocenters. The van der Waals surface area contributed by atoms with E-state index >= 15 is 0 Å². The van der Waals surface area contributed by atoms with Crippen LogP contribution in [-0.4, -0.2) is 28.7 Å². The Morgan fingerprint density at radius 3 is 2.69 bits per heavy atom. The molecule has 0 fully saturated rings. The van der Waals surface area contributed by atoms with E-state index in [0.29, 0.717) is 22.3 Å². The van der Waals surface area contributed by atoms with Gasteiger partial charge in [-0.3, -0.25) is 9.59 Å². The van der Waals surface area contributed by atoms with Gasteiger partial charge in [0.1, 0.15) is 17.6 Å². The number of carbonyl (C=O) groups excluding carboxylic acids is 2. The average Bonchev–Trinajstić information content (AvgIpc) is 3.17. The predicted molar refractivity (Wildman–Crippen MR) is 111 cm³/mol. The minimum atomic E-state index is -0.723. The maximum atomic E-state index is 12.6. The third kappa shape index (κ3) is 3.56. The number of amides is 2. The zero-order valence-electron chi connectivity index (χ0n) is 15.9.